The summed E-state index contributed by atoms with van der Waals surface area (Å²) in [6, 6.07) is 7.01. The molecule has 1 aliphatic heterocycles. The smallest absolute Gasteiger partial charge is 0.0377 e. The van der Waals surface area contributed by atoms with Crippen molar-refractivity contribution in [3.8, 4) is 0 Å². The lowest BCUT2D eigenvalue weighted by atomic mass is 9.95. The van der Waals surface area contributed by atoms with E-state index in [4.69, 9.17) is 5.73 Å². The van der Waals surface area contributed by atoms with E-state index in [2.05, 4.69) is 59.8 Å². The average Bonchev–Trinajstić information content (AvgIpc) is 2.90. The Labute approximate surface area is 131 Å². The highest BCUT2D eigenvalue weighted by atomic mass is 79.9. The molecule has 20 heavy (non-hydrogen) atoms. The number of hydrogen-bond acceptors (Lipinski definition) is 2. The third-order valence-electron chi connectivity index (χ3n) is 4.58. The van der Waals surface area contributed by atoms with Gasteiger partial charge >= 0.3 is 0 Å². The summed E-state index contributed by atoms with van der Waals surface area (Å²) in [5.74, 6) is 1.62. The molecule has 3 heteroatoms. The maximum Gasteiger partial charge on any atom is 0.0377 e. The van der Waals surface area contributed by atoms with E-state index < -0.39 is 0 Å². The average molecular weight is 339 g/mol. The van der Waals surface area contributed by atoms with Crippen LogP contribution in [0.15, 0.2) is 22.7 Å². The summed E-state index contributed by atoms with van der Waals surface area (Å²) in [6.45, 7) is 9.18. The molecule has 0 aliphatic carbocycles. The fourth-order valence-corrected chi connectivity index (χ4v) is 3.42. The number of hydrogen-bond donors (Lipinski definition) is 1. The fraction of sp³-hybridized carbons (Fsp3) is 0.647. The van der Waals surface area contributed by atoms with Gasteiger partial charge in [-0.15, -0.1) is 0 Å². The number of nitrogens with two attached hydrogens (primary N) is 1. The summed E-state index contributed by atoms with van der Waals surface area (Å²) < 4.78 is 1.20. The minimum absolute atomic E-state index is 0.259. The lowest BCUT2D eigenvalue weighted by molar-refractivity contribution is 0.423. The van der Waals surface area contributed by atoms with E-state index in [1.165, 1.54) is 35.2 Å². The van der Waals surface area contributed by atoms with Crippen LogP contribution in [0.5, 0.6) is 0 Å². The predicted molar refractivity (Wildman–Crippen MR) is 91.3 cm³/mol. The summed E-state index contributed by atoms with van der Waals surface area (Å²) in [6.07, 6.45) is 3.29. The van der Waals surface area contributed by atoms with Gasteiger partial charge in [0.05, 0.1) is 0 Å². The molecule has 2 N–H and O–H groups in total. The second kappa shape index (κ2) is 6.95. The lowest BCUT2D eigenvalue weighted by Gasteiger charge is -2.21. The van der Waals surface area contributed by atoms with Crippen LogP contribution in [0.1, 0.15) is 39.2 Å². The summed E-state index contributed by atoms with van der Waals surface area (Å²) in [4.78, 5) is 2.51. The highest BCUT2D eigenvalue weighted by Crippen LogP contribution is 2.31. The molecule has 0 saturated carbocycles. The molecule has 1 saturated heterocycles. The summed E-state index contributed by atoms with van der Waals surface area (Å²) >= 11 is 3.71. The van der Waals surface area contributed by atoms with Crippen molar-refractivity contribution in [3.63, 3.8) is 0 Å². The van der Waals surface area contributed by atoms with Crippen molar-refractivity contribution in [1.82, 2.24) is 0 Å². The molecule has 2 nitrogen and oxygen atoms in total. The zero-order chi connectivity index (χ0) is 14.7. The van der Waals surface area contributed by atoms with Crippen LogP contribution in [0.25, 0.3) is 0 Å². The fourth-order valence-electron chi connectivity index (χ4n) is 2.89. The lowest BCUT2D eigenvalue weighted by Crippen LogP contribution is -2.22. The molecule has 0 aromatic heterocycles. The van der Waals surface area contributed by atoms with Crippen molar-refractivity contribution in [2.45, 2.75) is 46.1 Å². The minimum Gasteiger partial charge on any atom is -0.371 e. The van der Waals surface area contributed by atoms with Crippen molar-refractivity contribution >= 4 is 21.6 Å². The third kappa shape index (κ3) is 3.76. The van der Waals surface area contributed by atoms with Crippen molar-refractivity contribution in [2.24, 2.45) is 17.6 Å². The molecule has 1 aromatic carbocycles. The molecule has 1 heterocycles. The maximum absolute atomic E-state index is 6.05. The Morgan fingerprint density at radius 1 is 1.40 bits per heavy atom. The van der Waals surface area contributed by atoms with Gasteiger partial charge in [0.15, 0.2) is 0 Å². The van der Waals surface area contributed by atoms with Gasteiger partial charge < -0.3 is 10.6 Å². The predicted octanol–water partition coefficient (Wildman–Crippen LogP) is 4.21. The van der Waals surface area contributed by atoms with Crippen molar-refractivity contribution in [2.75, 3.05) is 18.0 Å². The van der Waals surface area contributed by atoms with Crippen LogP contribution in [0.3, 0.4) is 0 Å². The first-order valence-corrected chi connectivity index (χ1v) is 8.59. The monoisotopic (exact) mass is 338 g/mol. The zero-order valence-corrected chi connectivity index (χ0v) is 14.5. The Balaban J connectivity index is 2.06. The molecular formula is C17H27BrN2. The molecule has 1 aromatic rings. The number of benzene rings is 1. The van der Waals surface area contributed by atoms with Crippen molar-refractivity contribution < 1.29 is 0 Å². The summed E-state index contributed by atoms with van der Waals surface area (Å²) in [5, 5.41) is 0. The van der Waals surface area contributed by atoms with E-state index in [0.29, 0.717) is 0 Å². The molecule has 1 aliphatic rings. The molecule has 0 spiro atoms. The highest BCUT2D eigenvalue weighted by Gasteiger charge is 2.25. The summed E-state index contributed by atoms with van der Waals surface area (Å²) in [7, 11) is 0. The first kappa shape index (κ1) is 15.8. The van der Waals surface area contributed by atoms with E-state index >= 15 is 0 Å². The molecule has 0 radical (unpaired) electrons. The molecule has 112 valence electrons. The molecule has 0 amide bonds. The molecule has 1 fully saturated rings. The van der Waals surface area contributed by atoms with Gasteiger partial charge in [0.2, 0.25) is 0 Å². The van der Waals surface area contributed by atoms with E-state index in [1.54, 1.807) is 0 Å². The second-order valence-corrected chi connectivity index (χ2v) is 7.24. The van der Waals surface area contributed by atoms with Crippen LogP contribution in [-0.4, -0.2) is 19.1 Å². The molecular weight excluding hydrogens is 312 g/mol. The maximum atomic E-state index is 6.05. The Bertz CT molecular complexity index is 445. The normalized spacial score (nSPS) is 20.7. The molecule has 2 rings (SSSR count). The van der Waals surface area contributed by atoms with Gasteiger partial charge in [0, 0.05) is 29.3 Å². The quantitative estimate of drug-likeness (QED) is 0.871. The van der Waals surface area contributed by atoms with Crippen LogP contribution in [0, 0.1) is 11.8 Å². The van der Waals surface area contributed by atoms with Crippen LogP contribution < -0.4 is 10.6 Å². The van der Waals surface area contributed by atoms with E-state index in [-0.39, 0.29) is 6.04 Å². The number of anilines is 1. The molecule has 2 atom stereocenters. The number of rotatable bonds is 5. The van der Waals surface area contributed by atoms with Crippen LogP contribution in [-0.2, 0) is 6.42 Å². The van der Waals surface area contributed by atoms with Gasteiger partial charge in [-0.1, -0.05) is 42.8 Å². The van der Waals surface area contributed by atoms with Crippen molar-refractivity contribution in [1.29, 1.82) is 0 Å². The Morgan fingerprint density at radius 2 is 2.15 bits per heavy atom. The SMILES string of the molecule is CCC(N)Cc1ccc(N2CCC(C(C)C)C2)cc1Br. The zero-order valence-electron chi connectivity index (χ0n) is 12.9. The van der Waals surface area contributed by atoms with Gasteiger partial charge in [-0.05, 0) is 48.8 Å². The number of halogens is 1. The van der Waals surface area contributed by atoms with E-state index in [9.17, 15) is 0 Å². The Hall–Kier alpha value is -0.540. The van der Waals surface area contributed by atoms with E-state index in [0.717, 1.165) is 24.7 Å². The summed E-state index contributed by atoms with van der Waals surface area (Å²) in [5.41, 5.74) is 8.72. The van der Waals surface area contributed by atoms with Gasteiger partial charge in [-0.2, -0.15) is 0 Å². The largest absolute Gasteiger partial charge is 0.371 e. The van der Waals surface area contributed by atoms with Gasteiger partial charge in [0.25, 0.3) is 0 Å². The number of nitrogens with zero attached hydrogens (tertiary/aromatic N) is 1. The van der Waals surface area contributed by atoms with E-state index in [1.807, 2.05) is 0 Å². The van der Waals surface area contributed by atoms with Gasteiger partial charge in [-0.3, -0.25) is 0 Å². The van der Waals surface area contributed by atoms with Gasteiger partial charge in [-0.25, -0.2) is 0 Å². The third-order valence-corrected chi connectivity index (χ3v) is 5.31. The Morgan fingerprint density at radius 3 is 2.70 bits per heavy atom. The first-order chi connectivity index (χ1) is 9.51. The standard InChI is InChI=1S/C17H27BrN2/c1-4-15(19)9-13-5-6-16(10-17(13)18)20-8-7-14(11-20)12(2)3/h5-6,10,12,14-15H,4,7-9,11,19H2,1-3H3. The minimum atomic E-state index is 0.259. The van der Waals surface area contributed by atoms with Crippen LogP contribution in [0.2, 0.25) is 0 Å². The topological polar surface area (TPSA) is 29.3 Å². The van der Waals surface area contributed by atoms with Crippen LogP contribution in [0.4, 0.5) is 5.69 Å². The molecule has 0 bridgehead atoms. The van der Waals surface area contributed by atoms with Crippen molar-refractivity contribution in [3.05, 3.63) is 28.2 Å². The highest BCUT2D eigenvalue weighted by molar-refractivity contribution is 9.10. The van der Waals surface area contributed by atoms with Gasteiger partial charge in [0.1, 0.15) is 0 Å². The Kier molecular flexibility index (Phi) is 5.50. The molecule has 2 unspecified atom stereocenters. The second-order valence-electron chi connectivity index (χ2n) is 6.39. The first-order valence-electron chi connectivity index (χ1n) is 7.80. The van der Waals surface area contributed by atoms with Crippen LogP contribution >= 0.6 is 15.9 Å².